The van der Waals surface area contributed by atoms with Crippen LogP contribution in [-0.2, 0) is 9.53 Å². The molecular weight excluding hydrogens is 254 g/mol. The van der Waals surface area contributed by atoms with Crippen LogP contribution in [0.2, 0.25) is 5.02 Å². The topological polar surface area (TPSA) is 47.6 Å². The fraction of sp³-hybridized carbons (Fsp3) is 0.462. The number of hydrogen-bond acceptors (Lipinski definition) is 4. The van der Waals surface area contributed by atoms with Gasteiger partial charge in [0.05, 0.1) is 19.9 Å². The minimum atomic E-state index is -0.331. The number of halogens is 1. The predicted molar refractivity (Wildman–Crippen MR) is 70.2 cm³/mol. The minimum absolute atomic E-state index is 0.250. The van der Waals surface area contributed by atoms with Gasteiger partial charge in [-0.15, -0.1) is 0 Å². The molecule has 1 aliphatic carbocycles. The molecule has 1 unspecified atom stereocenters. The van der Waals surface area contributed by atoms with Crippen molar-refractivity contribution >= 4 is 23.3 Å². The molecule has 0 aliphatic heterocycles. The summed E-state index contributed by atoms with van der Waals surface area (Å²) in [5, 5.41) is 3.76. The lowest BCUT2D eigenvalue weighted by atomic mass is 10.1. The van der Waals surface area contributed by atoms with Gasteiger partial charge in [0.15, 0.2) is 0 Å². The Morgan fingerprint density at radius 2 is 2.17 bits per heavy atom. The smallest absolute Gasteiger partial charge is 0.328 e. The molecule has 18 heavy (non-hydrogen) atoms. The number of carbonyl (C=O) groups excluding carboxylic acids is 1. The van der Waals surface area contributed by atoms with Gasteiger partial charge in [-0.25, -0.2) is 4.79 Å². The summed E-state index contributed by atoms with van der Waals surface area (Å²) in [5.41, 5.74) is 0.715. The van der Waals surface area contributed by atoms with Crippen LogP contribution in [0.15, 0.2) is 18.2 Å². The zero-order valence-corrected chi connectivity index (χ0v) is 11.2. The van der Waals surface area contributed by atoms with Crippen LogP contribution in [-0.4, -0.2) is 26.2 Å². The van der Waals surface area contributed by atoms with Crippen molar-refractivity contribution in [3.05, 3.63) is 23.2 Å². The second-order valence-corrected chi connectivity index (χ2v) is 4.76. The van der Waals surface area contributed by atoms with Gasteiger partial charge in [-0.05, 0) is 37.0 Å². The van der Waals surface area contributed by atoms with Gasteiger partial charge in [0.25, 0.3) is 0 Å². The molecule has 0 radical (unpaired) electrons. The van der Waals surface area contributed by atoms with E-state index in [9.17, 15) is 4.79 Å². The molecule has 0 amide bonds. The van der Waals surface area contributed by atoms with Crippen LogP contribution in [0.4, 0.5) is 5.69 Å². The van der Waals surface area contributed by atoms with Gasteiger partial charge in [-0.2, -0.15) is 0 Å². The van der Waals surface area contributed by atoms with E-state index in [1.807, 2.05) is 0 Å². The molecule has 1 atom stereocenters. The predicted octanol–water partition coefficient (Wildman–Crippen LogP) is 2.71. The van der Waals surface area contributed by atoms with Gasteiger partial charge in [0, 0.05) is 5.02 Å². The van der Waals surface area contributed by atoms with Crippen molar-refractivity contribution in [2.75, 3.05) is 19.5 Å². The van der Waals surface area contributed by atoms with Gasteiger partial charge < -0.3 is 14.8 Å². The Hall–Kier alpha value is -1.42. The Kier molecular flexibility index (Phi) is 3.97. The third kappa shape index (κ3) is 2.88. The van der Waals surface area contributed by atoms with Crippen molar-refractivity contribution in [2.24, 2.45) is 5.92 Å². The first kappa shape index (κ1) is 13.0. The summed E-state index contributed by atoms with van der Waals surface area (Å²) in [5.74, 6) is 0.745. The van der Waals surface area contributed by atoms with E-state index >= 15 is 0 Å². The van der Waals surface area contributed by atoms with Gasteiger partial charge in [-0.1, -0.05) is 11.6 Å². The zero-order chi connectivity index (χ0) is 13.1. The zero-order valence-electron chi connectivity index (χ0n) is 10.4. The Morgan fingerprint density at radius 3 is 2.72 bits per heavy atom. The summed E-state index contributed by atoms with van der Waals surface area (Å²) < 4.78 is 10.1. The normalized spacial score (nSPS) is 15.9. The van der Waals surface area contributed by atoms with E-state index in [0.29, 0.717) is 22.4 Å². The van der Waals surface area contributed by atoms with Crippen LogP contribution in [0.5, 0.6) is 5.75 Å². The SMILES string of the molecule is COC(=O)C(Nc1cc(Cl)ccc1OC)C1CC1. The summed E-state index contributed by atoms with van der Waals surface area (Å²) in [6, 6.07) is 4.93. The van der Waals surface area contributed by atoms with Crippen LogP contribution in [0.3, 0.4) is 0 Å². The molecule has 0 bridgehead atoms. The maximum atomic E-state index is 11.7. The molecular formula is C13H16ClNO3. The lowest BCUT2D eigenvalue weighted by Gasteiger charge is -2.19. The molecule has 4 nitrogen and oxygen atoms in total. The summed E-state index contributed by atoms with van der Waals surface area (Å²) in [4.78, 5) is 11.7. The second-order valence-electron chi connectivity index (χ2n) is 4.33. The molecule has 5 heteroatoms. The number of hydrogen-bond donors (Lipinski definition) is 1. The van der Waals surface area contributed by atoms with Crippen LogP contribution >= 0.6 is 11.6 Å². The monoisotopic (exact) mass is 269 g/mol. The van der Waals surface area contributed by atoms with Crippen molar-refractivity contribution in [1.82, 2.24) is 0 Å². The highest BCUT2D eigenvalue weighted by Gasteiger charge is 2.37. The van der Waals surface area contributed by atoms with Crippen LogP contribution in [0.1, 0.15) is 12.8 Å². The third-order valence-corrected chi connectivity index (χ3v) is 3.26. The molecule has 1 aliphatic rings. The lowest BCUT2D eigenvalue weighted by Crippen LogP contribution is -2.32. The first-order chi connectivity index (χ1) is 8.65. The maximum absolute atomic E-state index is 11.7. The Balaban J connectivity index is 2.20. The number of rotatable bonds is 5. The summed E-state index contributed by atoms with van der Waals surface area (Å²) >= 11 is 5.95. The summed E-state index contributed by atoms with van der Waals surface area (Å²) in [7, 11) is 2.98. The molecule has 1 fully saturated rings. The quantitative estimate of drug-likeness (QED) is 0.835. The second kappa shape index (κ2) is 5.48. The summed E-state index contributed by atoms with van der Waals surface area (Å²) in [6.07, 6.45) is 2.07. The largest absolute Gasteiger partial charge is 0.495 e. The van der Waals surface area contributed by atoms with Crippen LogP contribution in [0.25, 0.3) is 0 Å². The van der Waals surface area contributed by atoms with Gasteiger partial charge in [0.1, 0.15) is 11.8 Å². The maximum Gasteiger partial charge on any atom is 0.328 e. The first-order valence-electron chi connectivity index (χ1n) is 5.83. The lowest BCUT2D eigenvalue weighted by molar-refractivity contribution is -0.142. The minimum Gasteiger partial charge on any atom is -0.495 e. The van der Waals surface area contributed by atoms with E-state index < -0.39 is 0 Å². The van der Waals surface area contributed by atoms with E-state index in [1.165, 1.54) is 7.11 Å². The van der Waals surface area contributed by atoms with Crippen LogP contribution in [0, 0.1) is 5.92 Å². The molecule has 1 aromatic carbocycles. The van der Waals surface area contributed by atoms with E-state index in [0.717, 1.165) is 12.8 Å². The number of esters is 1. The van der Waals surface area contributed by atoms with E-state index in [1.54, 1.807) is 25.3 Å². The molecule has 0 spiro atoms. The van der Waals surface area contributed by atoms with Crippen LogP contribution < -0.4 is 10.1 Å². The number of carbonyl (C=O) groups is 1. The standard InChI is InChI=1S/C13H16ClNO3/c1-17-11-6-5-9(14)7-10(11)15-12(8-3-4-8)13(16)18-2/h5-8,12,15H,3-4H2,1-2H3. The number of ether oxygens (including phenoxy) is 2. The fourth-order valence-corrected chi connectivity index (χ4v) is 2.06. The first-order valence-corrected chi connectivity index (χ1v) is 6.21. The molecule has 1 N–H and O–H groups in total. The Morgan fingerprint density at radius 1 is 1.44 bits per heavy atom. The molecule has 1 saturated carbocycles. The Bertz CT molecular complexity index is 446. The van der Waals surface area contributed by atoms with Crippen molar-refractivity contribution in [3.8, 4) is 5.75 Å². The molecule has 0 saturated heterocycles. The molecule has 98 valence electrons. The van der Waals surface area contributed by atoms with Crippen molar-refractivity contribution in [1.29, 1.82) is 0 Å². The number of methoxy groups -OCH3 is 2. The average molecular weight is 270 g/mol. The fourth-order valence-electron chi connectivity index (χ4n) is 1.89. The molecule has 0 heterocycles. The van der Waals surface area contributed by atoms with E-state index in [2.05, 4.69) is 5.32 Å². The number of nitrogens with one attached hydrogen (secondary N) is 1. The molecule has 2 rings (SSSR count). The average Bonchev–Trinajstić information content (AvgIpc) is 3.19. The summed E-state index contributed by atoms with van der Waals surface area (Å²) in [6.45, 7) is 0. The molecule has 1 aromatic rings. The third-order valence-electron chi connectivity index (χ3n) is 3.02. The number of benzene rings is 1. The molecule has 0 aromatic heterocycles. The highest BCUT2D eigenvalue weighted by molar-refractivity contribution is 6.30. The van der Waals surface area contributed by atoms with Gasteiger partial charge >= 0.3 is 5.97 Å². The van der Waals surface area contributed by atoms with E-state index in [-0.39, 0.29) is 12.0 Å². The van der Waals surface area contributed by atoms with Crippen molar-refractivity contribution in [3.63, 3.8) is 0 Å². The van der Waals surface area contributed by atoms with Gasteiger partial charge in [-0.3, -0.25) is 0 Å². The highest BCUT2D eigenvalue weighted by Crippen LogP contribution is 2.37. The van der Waals surface area contributed by atoms with Crippen molar-refractivity contribution < 1.29 is 14.3 Å². The van der Waals surface area contributed by atoms with Crippen molar-refractivity contribution in [2.45, 2.75) is 18.9 Å². The number of anilines is 1. The highest BCUT2D eigenvalue weighted by atomic mass is 35.5. The van der Waals surface area contributed by atoms with Gasteiger partial charge in [0.2, 0.25) is 0 Å². The Labute approximate surface area is 111 Å². The van der Waals surface area contributed by atoms with E-state index in [4.69, 9.17) is 21.1 Å².